The molecule has 1 unspecified atom stereocenters. The number of aryl methyl sites for hydroxylation is 2. The molecule has 0 radical (unpaired) electrons. The minimum atomic E-state index is -0.941. The molecule has 0 saturated carbocycles. The average molecular weight is 483 g/mol. The van der Waals surface area contributed by atoms with Crippen LogP contribution in [0.3, 0.4) is 0 Å². The number of pyridine rings is 1. The molecule has 9 heteroatoms. The lowest BCUT2D eigenvalue weighted by atomic mass is 9.96. The van der Waals surface area contributed by atoms with Crippen LogP contribution in [0.2, 0.25) is 0 Å². The Morgan fingerprint density at radius 2 is 1.83 bits per heavy atom. The number of carboxylic acid groups (broad SMARTS) is 1. The zero-order valence-electron chi connectivity index (χ0n) is 19.6. The molecule has 0 bridgehead atoms. The molecule has 0 aliphatic carbocycles. The van der Waals surface area contributed by atoms with Crippen LogP contribution in [0.15, 0.2) is 47.7 Å². The number of aliphatic imine (C=N–C) groups is 1. The minimum Gasteiger partial charge on any atom is -0.481 e. The number of benzene rings is 1. The van der Waals surface area contributed by atoms with Gasteiger partial charge in [-0.15, -0.1) is 21.5 Å². The van der Waals surface area contributed by atoms with Gasteiger partial charge in [-0.05, 0) is 44.9 Å². The summed E-state index contributed by atoms with van der Waals surface area (Å²) in [5, 5.41) is 28.6. The summed E-state index contributed by atoms with van der Waals surface area (Å²) in [5.74, 6) is -0.502. The van der Waals surface area contributed by atoms with E-state index in [-0.39, 0.29) is 0 Å². The van der Waals surface area contributed by atoms with Gasteiger partial charge in [-0.2, -0.15) is 5.26 Å². The van der Waals surface area contributed by atoms with Crippen LogP contribution in [-0.4, -0.2) is 36.5 Å². The fourth-order valence-electron chi connectivity index (χ4n) is 4.30. The molecule has 3 aromatic heterocycles. The molecule has 0 amide bonds. The Kier molecular flexibility index (Phi) is 5.53. The molecular formula is C26H22N6O2S. The molecule has 8 nitrogen and oxygen atoms in total. The maximum absolute atomic E-state index is 12.0. The highest BCUT2D eigenvalue weighted by Gasteiger charge is 2.36. The number of thiophene rings is 1. The van der Waals surface area contributed by atoms with Crippen molar-refractivity contribution < 1.29 is 9.90 Å². The lowest BCUT2D eigenvalue weighted by molar-refractivity contribution is -0.141. The van der Waals surface area contributed by atoms with Gasteiger partial charge in [-0.25, -0.2) is 0 Å². The molecular weight excluding hydrogens is 460 g/mol. The second-order valence-corrected chi connectivity index (χ2v) is 9.81. The summed E-state index contributed by atoms with van der Waals surface area (Å²) < 4.78 is 1.95. The maximum atomic E-state index is 12.0. The first-order valence-electron chi connectivity index (χ1n) is 11.1. The van der Waals surface area contributed by atoms with Crippen LogP contribution in [0.5, 0.6) is 0 Å². The van der Waals surface area contributed by atoms with Gasteiger partial charge in [0.05, 0.1) is 17.2 Å². The van der Waals surface area contributed by atoms with Gasteiger partial charge in [0.2, 0.25) is 0 Å². The van der Waals surface area contributed by atoms with Crippen LogP contribution < -0.4 is 0 Å². The lowest BCUT2D eigenvalue weighted by Crippen LogP contribution is -2.21. The molecule has 174 valence electrons. The zero-order chi connectivity index (χ0) is 24.9. The summed E-state index contributed by atoms with van der Waals surface area (Å²) in [5.41, 5.74) is 5.95. The first-order chi connectivity index (χ1) is 16.8. The van der Waals surface area contributed by atoms with Gasteiger partial charge in [0, 0.05) is 34.0 Å². The van der Waals surface area contributed by atoms with Gasteiger partial charge >= 0.3 is 5.97 Å². The van der Waals surface area contributed by atoms with E-state index in [1.165, 1.54) is 6.20 Å². The highest BCUT2D eigenvalue weighted by molar-refractivity contribution is 7.15. The Labute approximate surface area is 206 Å². The number of hydrogen-bond acceptors (Lipinski definition) is 7. The molecule has 0 fully saturated rings. The highest BCUT2D eigenvalue weighted by atomic mass is 32.1. The maximum Gasteiger partial charge on any atom is 0.308 e. The Morgan fingerprint density at radius 1 is 1.11 bits per heavy atom. The van der Waals surface area contributed by atoms with E-state index < -0.39 is 17.9 Å². The van der Waals surface area contributed by atoms with Gasteiger partial charge < -0.3 is 5.11 Å². The first-order valence-corrected chi connectivity index (χ1v) is 11.9. The average Bonchev–Trinajstić information content (AvgIpc) is 3.33. The molecule has 4 heterocycles. The number of hydrogen-bond donors (Lipinski definition) is 1. The van der Waals surface area contributed by atoms with E-state index in [2.05, 4.69) is 35.1 Å². The number of nitriles is 1. The van der Waals surface area contributed by atoms with Gasteiger partial charge in [-0.3, -0.25) is 19.3 Å². The monoisotopic (exact) mass is 482 g/mol. The standard InChI is InChI=1S/C26H22N6O2S/c1-13-15(3)35-25-21(13)23(29-22(14(2)26(33)34)24-31-30-16(4)32(24)25)19-7-5-18(6-8-19)20-9-17(10-27)11-28-12-20/h5-9,11-12,14,22H,1-4H3,(H,33,34)/t14-,22?/m0/s1. The molecule has 0 spiro atoms. The normalized spacial score (nSPS) is 15.4. The van der Waals surface area contributed by atoms with Crippen LogP contribution in [0.25, 0.3) is 16.1 Å². The molecule has 35 heavy (non-hydrogen) atoms. The first kappa shape index (κ1) is 22.6. The topological polar surface area (TPSA) is 117 Å². The van der Waals surface area contributed by atoms with Crippen molar-refractivity contribution in [1.29, 1.82) is 5.26 Å². The summed E-state index contributed by atoms with van der Waals surface area (Å²) in [6.07, 6.45) is 3.26. The predicted molar refractivity (Wildman–Crippen MR) is 133 cm³/mol. The minimum absolute atomic E-state index is 0.498. The van der Waals surface area contributed by atoms with Gasteiger partial charge in [-0.1, -0.05) is 24.3 Å². The molecule has 1 aliphatic heterocycles. The largest absolute Gasteiger partial charge is 0.481 e. The number of aromatic nitrogens is 4. The van der Waals surface area contributed by atoms with Crippen molar-refractivity contribution in [3.8, 4) is 22.2 Å². The number of carbonyl (C=O) groups is 1. The summed E-state index contributed by atoms with van der Waals surface area (Å²) in [7, 11) is 0. The fraction of sp³-hybridized carbons (Fsp3) is 0.231. The van der Waals surface area contributed by atoms with E-state index in [0.717, 1.165) is 43.4 Å². The summed E-state index contributed by atoms with van der Waals surface area (Å²) >= 11 is 1.63. The summed E-state index contributed by atoms with van der Waals surface area (Å²) in [4.78, 5) is 22.3. The lowest BCUT2D eigenvalue weighted by Gasteiger charge is -2.16. The Balaban J connectivity index is 1.70. The Morgan fingerprint density at radius 3 is 2.51 bits per heavy atom. The second-order valence-electron chi connectivity index (χ2n) is 8.61. The SMILES string of the molecule is Cc1sc2c(c1C)C(c1ccc(-c3cncc(C#N)c3)cc1)=NC([C@H](C)C(=O)O)c1nnc(C)n1-2. The van der Waals surface area contributed by atoms with Crippen LogP contribution in [0.1, 0.15) is 51.7 Å². The van der Waals surface area contributed by atoms with Crippen molar-refractivity contribution in [3.05, 3.63) is 81.5 Å². The van der Waals surface area contributed by atoms with Gasteiger partial charge in [0.1, 0.15) is 22.9 Å². The van der Waals surface area contributed by atoms with Crippen LogP contribution in [0.4, 0.5) is 0 Å². The van der Waals surface area contributed by atoms with Crippen LogP contribution in [0, 0.1) is 38.0 Å². The third-order valence-corrected chi connectivity index (χ3v) is 7.60. The summed E-state index contributed by atoms with van der Waals surface area (Å²) in [6, 6.07) is 11.1. The van der Waals surface area contributed by atoms with Crippen LogP contribution >= 0.6 is 11.3 Å². The molecule has 2 atom stereocenters. The highest BCUT2D eigenvalue weighted by Crippen LogP contribution is 2.40. The van der Waals surface area contributed by atoms with E-state index in [0.29, 0.717) is 17.2 Å². The zero-order valence-corrected chi connectivity index (χ0v) is 20.5. The Bertz CT molecular complexity index is 1540. The predicted octanol–water partition coefficient (Wildman–Crippen LogP) is 4.80. The molecule has 1 aromatic carbocycles. The molecule has 0 saturated heterocycles. The van der Waals surface area contributed by atoms with Gasteiger partial charge in [0.15, 0.2) is 5.82 Å². The fourth-order valence-corrected chi connectivity index (χ4v) is 5.51. The third kappa shape index (κ3) is 3.72. The van der Waals surface area contributed by atoms with Crippen molar-refractivity contribution in [3.63, 3.8) is 0 Å². The quantitative estimate of drug-likeness (QED) is 0.446. The smallest absolute Gasteiger partial charge is 0.308 e. The van der Waals surface area contributed by atoms with Crippen molar-refractivity contribution in [2.75, 3.05) is 0 Å². The van der Waals surface area contributed by atoms with Crippen molar-refractivity contribution in [2.24, 2.45) is 10.9 Å². The van der Waals surface area contributed by atoms with Gasteiger partial charge in [0.25, 0.3) is 0 Å². The van der Waals surface area contributed by atoms with Crippen molar-refractivity contribution in [1.82, 2.24) is 19.7 Å². The Hall–Kier alpha value is -4.16. The van der Waals surface area contributed by atoms with E-state index in [1.807, 2.05) is 35.8 Å². The number of fused-ring (bicyclic) bond motifs is 3. The van der Waals surface area contributed by atoms with E-state index >= 15 is 0 Å². The van der Waals surface area contributed by atoms with Crippen molar-refractivity contribution in [2.45, 2.75) is 33.7 Å². The third-order valence-electron chi connectivity index (χ3n) is 6.41. The van der Waals surface area contributed by atoms with Crippen LogP contribution in [-0.2, 0) is 4.79 Å². The number of carboxylic acids is 1. The second kappa shape index (κ2) is 8.56. The number of rotatable bonds is 4. The molecule has 4 aromatic rings. The van der Waals surface area contributed by atoms with Crippen molar-refractivity contribution >= 4 is 23.0 Å². The number of nitrogens with zero attached hydrogens (tertiary/aromatic N) is 6. The molecule has 1 aliphatic rings. The molecule has 1 N–H and O–H groups in total. The van der Waals surface area contributed by atoms with E-state index in [4.69, 9.17) is 4.99 Å². The molecule has 5 rings (SSSR count). The summed E-state index contributed by atoms with van der Waals surface area (Å²) in [6.45, 7) is 7.66. The number of aliphatic carboxylic acids is 1. The van der Waals surface area contributed by atoms with E-state index in [9.17, 15) is 15.2 Å². The van der Waals surface area contributed by atoms with E-state index in [1.54, 1.807) is 30.5 Å².